The fraction of sp³-hybridized carbons (Fsp3) is 0.318. The number of aromatic nitrogens is 1. The van der Waals surface area contributed by atoms with Gasteiger partial charge >= 0.3 is 6.18 Å². The Morgan fingerprint density at radius 1 is 1.23 bits per heavy atom. The SMILES string of the molecule is CC[C@H]1C[C@](O)(C(F)(F)F)C(Nc2cc(F)cc3[nH]c(=O)ccc23)c2cccc(O)c21. The van der Waals surface area contributed by atoms with E-state index in [2.05, 4.69) is 10.3 Å². The Morgan fingerprint density at radius 3 is 2.65 bits per heavy atom. The lowest BCUT2D eigenvalue weighted by molar-refractivity contribution is -0.272. The van der Waals surface area contributed by atoms with Crippen LogP contribution >= 0.6 is 0 Å². The van der Waals surface area contributed by atoms with Crippen LogP contribution in [-0.2, 0) is 0 Å². The number of hydrogen-bond acceptors (Lipinski definition) is 4. The Hall–Kier alpha value is -3.07. The Morgan fingerprint density at radius 2 is 1.97 bits per heavy atom. The van der Waals surface area contributed by atoms with Gasteiger partial charge in [-0.15, -0.1) is 0 Å². The van der Waals surface area contributed by atoms with Gasteiger partial charge in [0.25, 0.3) is 0 Å². The number of halogens is 4. The molecule has 0 bridgehead atoms. The summed E-state index contributed by atoms with van der Waals surface area (Å²) in [4.78, 5) is 14.0. The second-order valence-corrected chi connectivity index (χ2v) is 7.83. The van der Waals surface area contributed by atoms with Crippen LogP contribution in [0.15, 0.2) is 47.3 Å². The van der Waals surface area contributed by atoms with Gasteiger partial charge in [-0.25, -0.2) is 4.39 Å². The number of aromatic hydroxyl groups is 1. The maximum Gasteiger partial charge on any atom is 0.419 e. The molecule has 0 aliphatic heterocycles. The van der Waals surface area contributed by atoms with E-state index in [1.807, 2.05) is 0 Å². The third-order valence-electron chi connectivity index (χ3n) is 5.96. The first-order valence-corrected chi connectivity index (χ1v) is 9.75. The molecule has 1 unspecified atom stereocenters. The van der Waals surface area contributed by atoms with Crippen molar-refractivity contribution >= 4 is 16.6 Å². The van der Waals surface area contributed by atoms with Crippen molar-refractivity contribution in [3.8, 4) is 5.75 Å². The van der Waals surface area contributed by atoms with E-state index in [-0.39, 0.29) is 34.3 Å². The molecule has 164 valence electrons. The van der Waals surface area contributed by atoms with Gasteiger partial charge in [0.2, 0.25) is 5.56 Å². The molecule has 0 fully saturated rings. The molecule has 9 heteroatoms. The quantitative estimate of drug-likeness (QED) is 0.448. The molecule has 0 spiro atoms. The number of aliphatic hydroxyl groups is 1. The molecule has 0 saturated heterocycles. The number of aromatic amines is 1. The number of anilines is 1. The third kappa shape index (κ3) is 3.42. The maximum atomic E-state index is 14.2. The normalized spacial score (nSPS) is 23.5. The Kier molecular flexibility index (Phi) is 4.96. The molecule has 4 rings (SSSR count). The second kappa shape index (κ2) is 7.26. The Balaban J connectivity index is 1.94. The van der Waals surface area contributed by atoms with Crippen molar-refractivity contribution in [1.29, 1.82) is 0 Å². The third-order valence-corrected chi connectivity index (χ3v) is 5.96. The van der Waals surface area contributed by atoms with E-state index in [1.165, 1.54) is 30.3 Å². The molecule has 1 heterocycles. The fourth-order valence-electron chi connectivity index (χ4n) is 4.45. The van der Waals surface area contributed by atoms with Crippen LogP contribution < -0.4 is 10.9 Å². The highest BCUT2D eigenvalue weighted by Crippen LogP contribution is 2.55. The van der Waals surface area contributed by atoms with Gasteiger partial charge in [0.15, 0.2) is 5.60 Å². The molecule has 2 aromatic carbocycles. The summed E-state index contributed by atoms with van der Waals surface area (Å²) in [6.45, 7) is 1.68. The zero-order valence-corrected chi connectivity index (χ0v) is 16.4. The van der Waals surface area contributed by atoms with Crippen LogP contribution in [0, 0.1) is 5.82 Å². The van der Waals surface area contributed by atoms with Crippen LogP contribution in [0.1, 0.15) is 42.9 Å². The summed E-state index contributed by atoms with van der Waals surface area (Å²) < 4.78 is 56.7. The molecule has 0 amide bonds. The topological polar surface area (TPSA) is 85.4 Å². The minimum Gasteiger partial charge on any atom is -0.508 e. The second-order valence-electron chi connectivity index (χ2n) is 7.83. The van der Waals surface area contributed by atoms with E-state index in [4.69, 9.17) is 0 Å². The van der Waals surface area contributed by atoms with E-state index in [1.54, 1.807) is 6.92 Å². The smallest absolute Gasteiger partial charge is 0.419 e. The Labute approximate surface area is 174 Å². The van der Waals surface area contributed by atoms with Gasteiger partial charge < -0.3 is 20.5 Å². The van der Waals surface area contributed by atoms with E-state index >= 15 is 0 Å². The van der Waals surface area contributed by atoms with Gasteiger partial charge in [-0.05, 0) is 48.6 Å². The summed E-state index contributed by atoms with van der Waals surface area (Å²) in [6, 6.07) is 7.09. The first kappa shape index (κ1) is 21.2. The average molecular weight is 436 g/mol. The minimum absolute atomic E-state index is 0.0248. The number of fused-ring (bicyclic) bond motifs is 2. The molecule has 4 N–H and O–H groups in total. The first-order chi connectivity index (χ1) is 14.5. The highest BCUT2D eigenvalue weighted by atomic mass is 19.4. The lowest BCUT2D eigenvalue weighted by Crippen LogP contribution is -2.55. The van der Waals surface area contributed by atoms with Crippen molar-refractivity contribution in [2.24, 2.45) is 0 Å². The zero-order chi connectivity index (χ0) is 22.6. The van der Waals surface area contributed by atoms with Crippen molar-refractivity contribution < 1.29 is 27.8 Å². The molecule has 0 saturated carbocycles. The van der Waals surface area contributed by atoms with Gasteiger partial charge in [-0.1, -0.05) is 19.1 Å². The number of benzene rings is 2. The summed E-state index contributed by atoms with van der Waals surface area (Å²) in [6.07, 6.45) is -5.39. The van der Waals surface area contributed by atoms with Crippen LogP contribution in [-0.4, -0.2) is 27.0 Å². The molecule has 0 radical (unpaired) electrons. The van der Waals surface area contributed by atoms with E-state index in [0.717, 1.165) is 12.1 Å². The molecular formula is C22H20F4N2O3. The minimum atomic E-state index is -5.00. The van der Waals surface area contributed by atoms with Crippen LogP contribution in [0.25, 0.3) is 10.9 Å². The molecule has 31 heavy (non-hydrogen) atoms. The number of phenolic OH excluding ortho intramolecular Hbond substituents is 1. The standard InChI is InChI=1S/C22H20F4N2O3/c1-2-11-10-21(31,22(24,25)26)20(14-4-3-5-17(29)19(11)14)28-16-9-12(23)8-15-13(16)6-7-18(30)27-15/h3-9,11,20,28-29,31H,2,10H2,1H3,(H,27,30)/t11-,20?,21+/m0/s1. The summed E-state index contributed by atoms with van der Waals surface area (Å²) in [5, 5.41) is 24.3. The number of nitrogens with one attached hydrogen (secondary N) is 2. The first-order valence-electron chi connectivity index (χ1n) is 9.75. The zero-order valence-electron chi connectivity index (χ0n) is 16.4. The van der Waals surface area contributed by atoms with Crippen molar-refractivity contribution in [1.82, 2.24) is 4.98 Å². The largest absolute Gasteiger partial charge is 0.508 e. The fourth-order valence-corrected chi connectivity index (χ4v) is 4.45. The van der Waals surface area contributed by atoms with Crippen molar-refractivity contribution in [3.63, 3.8) is 0 Å². The number of phenols is 1. The summed E-state index contributed by atoms with van der Waals surface area (Å²) in [5.41, 5.74) is -3.18. The lowest BCUT2D eigenvalue weighted by Gasteiger charge is -2.45. The molecule has 3 aromatic rings. The predicted octanol–water partition coefficient (Wildman–Crippen LogP) is 4.72. The molecule has 5 nitrogen and oxygen atoms in total. The van der Waals surface area contributed by atoms with Crippen molar-refractivity contribution in [2.45, 2.75) is 43.5 Å². The van der Waals surface area contributed by atoms with Crippen LogP contribution in [0.5, 0.6) is 5.75 Å². The number of H-pyrrole nitrogens is 1. The lowest BCUT2D eigenvalue weighted by atomic mass is 9.69. The van der Waals surface area contributed by atoms with E-state index in [0.29, 0.717) is 5.56 Å². The van der Waals surface area contributed by atoms with Crippen LogP contribution in [0.3, 0.4) is 0 Å². The van der Waals surface area contributed by atoms with E-state index < -0.39 is 41.5 Å². The van der Waals surface area contributed by atoms with Gasteiger partial charge in [-0.2, -0.15) is 13.2 Å². The van der Waals surface area contributed by atoms with Gasteiger partial charge in [0.1, 0.15) is 11.6 Å². The van der Waals surface area contributed by atoms with Crippen LogP contribution in [0.4, 0.5) is 23.2 Å². The number of alkyl halides is 3. The highest BCUT2D eigenvalue weighted by Gasteiger charge is 2.62. The molecule has 1 aliphatic carbocycles. The maximum absolute atomic E-state index is 14.2. The Bertz CT molecular complexity index is 1210. The van der Waals surface area contributed by atoms with Crippen molar-refractivity contribution in [2.75, 3.05) is 5.32 Å². The summed E-state index contributed by atoms with van der Waals surface area (Å²) in [5.74, 6) is -1.65. The number of pyridine rings is 1. The molecular weight excluding hydrogens is 416 g/mol. The summed E-state index contributed by atoms with van der Waals surface area (Å²) in [7, 11) is 0. The van der Waals surface area contributed by atoms with Gasteiger partial charge in [-0.3, -0.25) is 4.79 Å². The van der Waals surface area contributed by atoms with Crippen LogP contribution in [0.2, 0.25) is 0 Å². The van der Waals surface area contributed by atoms with E-state index in [9.17, 15) is 32.6 Å². The molecule has 1 aromatic heterocycles. The average Bonchev–Trinajstić information content (AvgIpc) is 2.68. The summed E-state index contributed by atoms with van der Waals surface area (Å²) >= 11 is 0. The molecule has 1 aliphatic rings. The highest BCUT2D eigenvalue weighted by molar-refractivity contribution is 5.91. The number of rotatable bonds is 3. The monoisotopic (exact) mass is 436 g/mol. The van der Waals surface area contributed by atoms with Crippen molar-refractivity contribution in [3.05, 3.63) is 69.8 Å². The van der Waals surface area contributed by atoms with Gasteiger partial charge in [0, 0.05) is 22.7 Å². The molecule has 3 atom stereocenters. The van der Waals surface area contributed by atoms with Gasteiger partial charge in [0.05, 0.1) is 11.6 Å². The number of hydrogen-bond donors (Lipinski definition) is 4. The predicted molar refractivity (Wildman–Crippen MR) is 108 cm³/mol.